The first-order valence-electron chi connectivity index (χ1n) is 9.75. The van der Waals surface area contributed by atoms with E-state index >= 15 is 0 Å². The molecule has 0 saturated heterocycles. The van der Waals surface area contributed by atoms with E-state index in [1.165, 1.54) is 32.2 Å². The largest absolute Gasteiger partial charge is 0.416 e. The quantitative estimate of drug-likeness (QED) is 0.537. The van der Waals surface area contributed by atoms with Crippen LogP contribution in [0.5, 0.6) is 0 Å². The minimum absolute atomic E-state index is 0.0506. The molecule has 7 nitrogen and oxygen atoms in total. The van der Waals surface area contributed by atoms with Gasteiger partial charge in [-0.05, 0) is 31.2 Å². The molecule has 0 spiro atoms. The third kappa shape index (κ3) is 6.60. The maximum absolute atomic E-state index is 14.2. The van der Waals surface area contributed by atoms with Gasteiger partial charge in [0.25, 0.3) is 0 Å². The maximum Gasteiger partial charge on any atom is 0.416 e. The normalized spacial score (nSPS) is 12.7. The number of anilines is 1. The molecule has 1 atom stereocenters. The van der Waals surface area contributed by atoms with Gasteiger partial charge in [0, 0.05) is 19.2 Å². The van der Waals surface area contributed by atoms with Gasteiger partial charge in [-0.2, -0.15) is 13.2 Å². The summed E-state index contributed by atoms with van der Waals surface area (Å²) in [6.07, 6.45) is -4.10. The number of hydrogen-bond donors (Lipinski definition) is 1. The lowest BCUT2D eigenvalue weighted by Crippen LogP contribution is -2.50. The van der Waals surface area contributed by atoms with Crippen molar-refractivity contribution in [1.82, 2.24) is 10.2 Å². The van der Waals surface area contributed by atoms with Gasteiger partial charge in [-0.1, -0.05) is 29.8 Å². The number of rotatable bonds is 8. The lowest BCUT2D eigenvalue weighted by molar-refractivity contribution is -0.139. The Balaban J connectivity index is 2.51. The molecule has 2 aromatic carbocycles. The van der Waals surface area contributed by atoms with Gasteiger partial charge in [0.05, 0.1) is 22.5 Å². The number of sulfonamides is 1. The first kappa shape index (κ1) is 27.4. The number of nitrogens with zero attached hydrogens (tertiary/aromatic N) is 2. The van der Waals surface area contributed by atoms with Gasteiger partial charge in [0.15, 0.2) is 0 Å². The average molecular weight is 524 g/mol. The van der Waals surface area contributed by atoms with Crippen LogP contribution in [0.15, 0.2) is 42.5 Å². The predicted octanol–water partition coefficient (Wildman–Crippen LogP) is 3.43. The second-order valence-corrected chi connectivity index (χ2v) is 9.65. The van der Waals surface area contributed by atoms with Gasteiger partial charge in [0.2, 0.25) is 21.8 Å². The van der Waals surface area contributed by atoms with Crippen molar-refractivity contribution in [2.45, 2.75) is 25.7 Å². The topological polar surface area (TPSA) is 86.8 Å². The van der Waals surface area contributed by atoms with E-state index in [-0.39, 0.29) is 10.6 Å². The van der Waals surface area contributed by atoms with Crippen LogP contribution in [0.3, 0.4) is 0 Å². The van der Waals surface area contributed by atoms with E-state index in [2.05, 4.69) is 5.32 Å². The van der Waals surface area contributed by atoms with Crippen LogP contribution < -0.4 is 9.62 Å². The van der Waals surface area contributed by atoms with Crippen LogP contribution in [0.1, 0.15) is 18.1 Å². The molecule has 0 bridgehead atoms. The van der Waals surface area contributed by atoms with E-state index in [1.54, 1.807) is 0 Å². The molecule has 186 valence electrons. The summed E-state index contributed by atoms with van der Waals surface area (Å²) in [5.74, 6) is -2.24. The van der Waals surface area contributed by atoms with Crippen molar-refractivity contribution in [3.05, 3.63) is 64.4 Å². The summed E-state index contributed by atoms with van der Waals surface area (Å²) in [5.41, 5.74) is -1.68. The number of likely N-dealkylation sites (N-methyl/N-ethyl adjacent to an activating group) is 1. The molecule has 13 heteroatoms. The highest BCUT2D eigenvalue weighted by Crippen LogP contribution is 2.36. The average Bonchev–Trinajstić information content (AvgIpc) is 2.74. The number of halogens is 5. The standard InChI is InChI=1S/C21H22ClF4N3O4S/c1-13(20(31)27-2)28(11-14-6-4-5-7-17(14)23)19(30)12-29(34(3,32)33)18-10-15(21(24,25)26)8-9-16(18)22/h4-10,13H,11-12H2,1-3H3,(H,27,31)/t13-/m0/s1. The summed E-state index contributed by atoms with van der Waals surface area (Å²) in [7, 11) is -2.99. The van der Waals surface area contributed by atoms with Crippen LogP contribution in [0.25, 0.3) is 0 Å². The molecular weight excluding hydrogens is 502 g/mol. The Labute approximate surface area is 199 Å². The Hall–Kier alpha value is -2.86. The summed E-state index contributed by atoms with van der Waals surface area (Å²) in [6.45, 7) is -0.0245. The summed E-state index contributed by atoms with van der Waals surface area (Å²) >= 11 is 5.98. The minimum Gasteiger partial charge on any atom is -0.357 e. The molecule has 0 aliphatic heterocycles. The SMILES string of the molecule is CNC(=O)[C@H](C)N(Cc1ccccc1F)C(=O)CN(c1cc(C(F)(F)F)ccc1Cl)S(C)(=O)=O. The first-order valence-corrected chi connectivity index (χ1v) is 12.0. The number of amides is 2. The third-order valence-corrected chi connectivity index (χ3v) is 6.38. The van der Waals surface area contributed by atoms with Crippen molar-refractivity contribution in [2.24, 2.45) is 0 Å². The number of alkyl halides is 3. The fourth-order valence-corrected chi connectivity index (χ4v) is 4.20. The van der Waals surface area contributed by atoms with E-state index < -0.39 is 64.2 Å². The van der Waals surface area contributed by atoms with Crippen molar-refractivity contribution in [2.75, 3.05) is 24.2 Å². The molecular formula is C21H22ClF4N3O4S. The molecule has 0 saturated carbocycles. The fourth-order valence-electron chi connectivity index (χ4n) is 3.08. The Kier molecular flexibility index (Phi) is 8.54. The second kappa shape index (κ2) is 10.6. The maximum atomic E-state index is 14.2. The van der Waals surface area contributed by atoms with E-state index in [0.717, 1.165) is 17.0 Å². The lowest BCUT2D eigenvalue weighted by atomic mass is 10.1. The summed E-state index contributed by atoms with van der Waals surface area (Å²) in [5, 5.41) is 2.00. The summed E-state index contributed by atoms with van der Waals surface area (Å²) < 4.78 is 79.1. The molecule has 0 fully saturated rings. The molecule has 2 aromatic rings. The van der Waals surface area contributed by atoms with Crippen molar-refractivity contribution >= 4 is 39.1 Å². The Morgan fingerprint density at radius 1 is 1.15 bits per heavy atom. The third-order valence-electron chi connectivity index (χ3n) is 4.93. The van der Waals surface area contributed by atoms with Crippen LogP contribution in [0.4, 0.5) is 23.2 Å². The zero-order valence-corrected chi connectivity index (χ0v) is 19.9. The molecule has 0 unspecified atom stereocenters. The van der Waals surface area contributed by atoms with Crippen LogP contribution in [-0.4, -0.2) is 51.0 Å². The van der Waals surface area contributed by atoms with Crippen LogP contribution >= 0.6 is 11.6 Å². The number of nitrogens with one attached hydrogen (secondary N) is 1. The highest BCUT2D eigenvalue weighted by molar-refractivity contribution is 7.92. The molecule has 0 aromatic heterocycles. The number of carbonyl (C=O) groups excluding carboxylic acids is 2. The van der Waals surface area contributed by atoms with Crippen LogP contribution in [0.2, 0.25) is 5.02 Å². The predicted molar refractivity (Wildman–Crippen MR) is 119 cm³/mol. The second-order valence-electron chi connectivity index (χ2n) is 7.34. The molecule has 1 N–H and O–H groups in total. The van der Waals surface area contributed by atoms with E-state index in [9.17, 15) is 35.6 Å². The molecule has 0 aliphatic carbocycles. The van der Waals surface area contributed by atoms with E-state index in [1.807, 2.05) is 0 Å². The Bertz CT molecular complexity index is 1170. The number of carbonyl (C=O) groups is 2. The number of hydrogen-bond acceptors (Lipinski definition) is 4. The van der Waals surface area contributed by atoms with Crippen molar-refractivity contribution in [1.29, 1.82) is 0 Å². The van der Waals surface area contributed by atoms with Crippen LogP contribution in [-0.2, 0) is 32.3 Å². The molecule has 0 heterocycles. The lowest BCUT2D eigenvalue weighted by Gasteiger charge is -2.31. The summed E-state index contributed by atoms with van der Waals surface area (Å²) in [6, 6.07) is 6.36. The van der Waals surface area contributed by atoms with Gasteiger partial charge in [-0.3, -0.25) is 13.9 Å². The molecule has 2 amide bonds. The van der Waals surface area contributed by atoms with E-state index in [0.29, 0.717) is 22.7 Å². The monoisotopic (exact) mass is 523 g/mol. The molecule has 0 radical (unpaired) electrons. The molecule has 34 heavy (non-hydrogen) atoms. The van der Waals surface area contributed by atoms with Gasteiger partial charge in [-0.25, -0.2) is 12.8 Å². The van der Waals surface area contributed by atoms with Gasteiger partial charge in [0.1, 0.15) is 18.4 Å². The smallest absolute Gasteiger partial charge is 0.357 e. The first-order chi connectivity index (χ1) is 15.7. The highest BCUT2D eigenvalue weighted by Gasteiger charge is 2.34. The Morgan fingerprint density at radius 2 is 1.76 bits per heavy atom. The molecule has 0 aliphatic rings. The van der Waals surface area contributed by atoms with Crippen molar-refractivity contribution < 1.29 is 35.6 Å². The van der Waals surface area contributed by atoms with Gasteiger partial charge >= 0.3 is 6.18 Å². The summed E-state index contributed by atoms with van der Waals surface area (Å²) in [4.78, 5) is 26.3. The van der Waals surface area contributed by atoms with Crippen molar-refractivity contribution in [3.8, 4) is 0 Å². The Morgan fingerprint density at radius 3 is 2.29 bits per heavy atom. The zero-order chi connectivity index (χ0) is 25.8. The zero-order valence-electron chi connectivity index (χ0n) is 18.4. The fraction of sp³-hybridized carbons (Fsp3) is 0.333. The van der Waals surface area contributed by atoms with Crippen molar-refractivity contribution in [3.63, 3.8) is 0 Å². The molecule has 2 rings (SSSR count). The van der Waals surface area contributed by atoms with Gasteiger partial charge < -0.3 is 10.2 Å². The van der Waals surface area contributed by atoms with Gasteiger partial charge in [-0.15, -0.1) is 0 Å². The van der Waals surface area contributed by atoms with E-state index in [4.69, 9.17) is 11.6 Å². The number of benzene rings is 2. The minimum atomic E-state index is -4.79. The highest BCUT2D eigenvalue weighted by atomic mass is 35.5. The van der Waals surface area contributed by atoms with Crippen LogP contribution in [0, 0.1) is 5.82 Å².